The summed E-state index contributed by atoms with van der Waals surface area (Å²) in [4.78, 5) is 11.4. The maximum atomic E-state index is 11.4. The summed E-state index contributed by atoms with van der Waals surface area (Å²) >= 11 is 7.45. The molecule has 0 aromatic heterocycles. The third-order valence-corrected chi connectivity index (χ3v) is 5.16. The van der Waals surface area contributed by atoms with E-state index in [1.807, 2.05) is 0 Å². The Morgan fingerprint density at radius 3 is 2.00 bits per heavy atom. The molecule has 114 valence electrons. The van der Waals surface area contributed by atoms with Crippen LogP contribution in [0.3, 0.4) is 0 Å². The quantitative estimate of drug-likeness (QED) is 0.281. The lowest BCUT2D eigenvalue weighted by Gasteiger charge is -2.12. The van der Waals surface area contributed by atoms with Crippen LogP contribution in [0, 0.1) is 0 Å². The molecule has 0 radical (unpaired) electrons. The molecule has 0 aromatic rings. The molecule has 0 heterocycles. The number of thioether (sulfide) groups is 1. The zero-order valence-electron chi connectivity index (χ0n) is 12.8. The fourth-order valence-corrected chi connectivity index (χ4v) is 3.54. The van der Waals surface area contributed by atoms with Gasteiger partial charge in [0.05, 0.1) is 5.25 Å². The van der Waals surface area contributed by atoms with Crippen molar-refractivity contribution >= 4 is 28.6 Å². The zero-order valence-corrected chi connectivity index (χ0v) is 14.3. The van der Waals surface area contributed by atoms with Crippen LogP contribution in [0.1, 0.15) is 84.5 Å². The Hall–Kier alpha value is 0.310. The summed E-state index contributed by atoms with van der Waals surface area (Å²) in [5.41, 5.74) is 0. The van der Waals surface area contributed by atoms with E-state index in [1.54, 1.807) is 11.8 Å². The van der Waals surface area contributed by atoms with Crippen LogP contribution in [0.25, 0.3) is 0 Å². The summed E-state index contributed by atoms with van der Waals surface area (Å²) in [6.07, 6.45) is 13.7. The van der Waals surface area contributed by atoms with Gasteiger partial charge >= 0.3 is 0 Å². The number of halogens is 1. The van der Waals surface area contributed by atoms with Crippen molar-refractivity contribution in [2.24, 2.45) is 0 Å². The lowest BCUT2D eigenvalue weighted by Crippen LogP contribution is -2.12. The van der Waals surface area contributed by atoms with Gasteiger partial charge in [0.2, 0.25) is 5.24 Å². The second-order valence-corrected chi connectivity index (χ2v) is 6.96. The number of rotatable bonds is 14. The van der Waals surface area contributed by atoms with Crippen molar-refractivity contribution in [3.63, 3.8) is 0 Å². The van der Waals surface area contributed by atoms with Gasteiger partial charge in [-0.1, -0.05) is 71.6 Å². The van der Waals surface area contributed by atoms with Gasteiger partial charge < -0.3 is 0 Å². The van der Waals surface area contributed by atoms with Crippen molar-refractivity contribution in [3.8, 4) is 0 Å². The Balaban J connectivity index is 3.54. The van der Waals surface area contributed by atoms with Gasteiger partial charge in [-0.05, 0) is 30.2 Å². The molecule has 0 aromatic carbocycles. The summed E-state index contributed by atoms with van der Waals surface area (Å²) < 4.78 is 0. The fraction of sp³-hybridized carbons (Fsp3) is 0.938. The van der Waals surface area contributed by atoms with E-state index >= 15 is 0 Å². The van der Waals surface area contributed by atoms with Gasteiger partial charge in [0, 0.05) is 0 Å². The summed E-state index contributed by atoms with van der Waals surface area (Å²) in [7, 11) is 0. The molecule has 0 aliphatic rings. The number of hydrogen-bond donors (Lipinski definition) is 0. The van der Waals surface area contributed by atoms with Gasteiger partial charge in [-0.25, -0.2) is 0 Å². The molecule has 3 heteroatoms. The molecule has 0 spiro atoms. The minimum atomic E-state index is -0.144. The van der Waals surface area contributed by atoms with Crippen LogP contribution in [0.2, 0.25) is 0 Å². The Labute approximate surface area is 129 Å². The van der Waals surface area contributed by atoms with E-state index in [2.05, 4.69) is 13.8 Å². The molecule has 0 aliphatic carbocycles. The Morgan fingerprint density at radius 2 is 1.42 bits per heavy atom. The number of carbonyl (C=O) groups excluding carboxylic acids is 1. The second-order valence-electron chi connectivity index (χ2n) is 5.28. The number of carbonyl (C=O) groups is 1. The maximum Gasteiger partial charge on any atom is 0.234 e. The van der Waals surface area contributed by atoms with E-state index < -0.39 is 0 Å². The molecule has 0 N–H and O–H groups in total. The molecule has 0 aliphatic heterocycles. The van der Waals surface area contributed by atoms with E-state index in [-0.39, 0.29) is 10.5 Å². The molecule has 0 rings (SSSR count). The third kappa shape index (κ3) is 13.1. The molecule has 19 heavy (non-hydrogen) atoms. The van der Waals surface area contributed by atoms with Crippen molar-refractivity contribution in [1.29, 1.82) is 0 Å². The van der Waals surface area contributed by atoms with Crippen LogP contribution < -0.4 is 0 Å². The highest BCUT2D eigenvalue weighted by Crippen LogP contribution is 2.22. The lowest BCUT2D eigenvalue weighted by atomic mass is 10.1. The molecule has 1 nitrogen and oxygen atoms in total. The first-order chi connectivity index (χ1) is 9.22. The van der Waals surface area contributed by atoms with Gasteiger partial charge in [0.15, 0.2) is 0 Å². The molecule has 0 fully saturated rings. The van der Waals surface area contributed by atoms with Crippen LogP contribution in [0.5, 0.6) is 0 Å². The van der Waals surface area contributed by atoms with E-state index in [4.69, 9.17) is 11.6 Å². The van der Waals surface area contributed by atoms with Crippen LogP contribution >= 0.6 is 23.4 Å². The normalized spacial score (nSPS) is 12.6. The minimum Gasteiger partial charge on any atom is -0.280 e. The molecule has 0 saturated carbocycles. The zero-order chi connectivity index (χ0) is 14.3. The summed E-state index contributed by atoms with van der Waals surface area (Å²) in [5.74, 6) is 1.08. The van der Waals surface area contributed by atoms with Crippen LogP contribution in [-0.2, 0) is 4.79 Å². The Morgan fingerprint density at radius 1 is 0.895 bits per heavy atom. The van der Waals surface area contributed by atoms with Gasteiger partial charge in [-0.15, -0.1) is 11.8 Å². The molecule has 0 bridgehead atoms. The third-order valence-electron chi connectivity index (χ3n) is 3.39. The van der Waals surface area contributed by atoms with Crippen molar-refractivity contribution in [3.05, 3.63) is 0 Å². The van der Waals surface area contributed by atoms with E-state index in [0.717, 1.165) is 18.6 Å². The molecular formula is C16H31ClOS. The topological polar surface area (TPSA) is 17.1 Å². The minimum absolute atomic E-state index is 0.0365. The predicted molar refractivity (Wildman–Crippen MR) is 89.2 cm³/mol. The smallest absolute Gasteiger partial charge is 0.234 e. The van der Waals surface area contributed by atoms with Crippen molar-refractivity contribution < 1.29 is 4.79 Å². The van der Waals surface area contributed by atoms with Gasteiger partial charge in [0.25, 0.3) is 0 Å². The fourth-order valence-electron chi connectivity index (χ4n) is 2.13. The average Bonchev–Trinajstić information content (AvgIpc) is 2.39. The van der Waals surface area contributed by atoms with E-state index in [0.29, 0.717) is 0 Å². The van der Waals surface area contributed by atoms with Gasteiger partial charge in [-0.3, -0.25) is 4.79 Å². The second kappa shape index (κ2) is 14.7. The highest BCUT2D eigenvalue weighted by molar-refractivity contribution is 8.00. The molecular weight excluding hydrogens is 276 g/mol. The monoisotopic (exact) mass is 306 g/mol. The SMILES string of the molecule is CCCCCCCCC(SCCCCCC)C(=O)Cl. The van der Waals surface area contributed by atoms with Crippen molar-refractivity contribution in [1.82, 2.24) is 0 Å². The highest BCUT2D eigenvalue weighted by atomic mass is 35.5. The van der Waals surface area contributed by atoms with Crippen molar-refractivity contribution in [2.75, 3.05) is 5.75 Å². The predicted octanol–water partition coefficient (Wildman–Crippen LogP) is 6.18. The highest BCUT2D eigenvalue weighted by Gasteiger charge is 2.15. The van der Waals surface area contributed by atoms with Crippen LogP contribution in [0.15, 0.2) is 0 Å². The summed E-state index contributed by atoms with van der Waals surface area (Å²) in [5, 5.41) is -0.108. The Bertz CT molecular complexity index is 209. The van der Waals surface area contributed by atoms with E-state index in [1.165, 1.54) is 57.8 Å². The largest absolute Gasteiger partial charge is 0.280 e. The molecule has 1 atom stereocenters. The summed E-state index contributed by atoms with van der Waals surface area (Å²) in [6, 6.07) is 0. The molecule has 0 amide bonds. The van der Waals surface area contributed by atoms with E-state index in [9.17, 15) is 4.79 Å². The standard InChI is InChI=1S/C16H31ClOS/c1-3-5-7-9-10-11-13-15(16(17)18)19-14-12-8-6-4-2/h15H,3-14H2,1-2H3. The number of unbranched alkanes of at least 4 members (excludes halogenated alkanes) is 8. The van der Waals surface area contributed by atoms with Gasteiger partial charge in [-0.2, -0.15) is 0 Å². The first kappa shape index (κ1) is 19.3. The van der Waals surface area contributed by atoms with Crippen LogP contribution in [-0.4, -0.2) is 16.2 Å². The first-order valence-electron chi connectivity index (χ1n) is 8.03. The van der Waals surface area contributed by atoms with Crippen molar-refractivity contribution in [2.45, 2.75) is 89.7 Å². The first-order valence-corrected chi connectivity index (χ1v) is 9.46. The average molecular weight is 307 g/mol. The maximum absolute atomic E-state index is 11.4. The molecule has 1 unspecified atom stereocenters. The summed E-state index contributed by atoms with van der Waals surface area (Å²) in [6.45, 7) is 4.45. The number of hydrogen-bond acceptors (Lipinski definition) is 2. The van der Waals surface area contributed by atoms with Gasteiger partial charge in [0.1, 0.15) is 0 Å². The molecule has 0 saturated heterocycles. The lowest BCUT2D eigenvalue weighted by molar-refractivity contribution is -0.111. The Kier molecular flexibility index (Phi) is 15.0. The van der Waals surface area contributed by atoms with Crippen LogP contribution in [0.4, 0.5) is 0 Å².